The van der Waals surface area contributed by atoms with Crippen molar-refractivity contribution in [3.8, 4) is 5.75 Å². The highest BCUT2D eigenvalue weighted by atomic mass is 32.2. The first-order valence-electron chi connectivity index (χ1n) is 10.8. The number of benzene rings is 2. The summed E-state index contributed by atoms with van der Waals surface area (Å²) < 4.78 is 32.7. The van der Waals surface area contributed by atoms with Gasteiger partial charge in [-0.05, 0) is 51.3 Å². The molecule has 168 valence electrons. The molecule has 0 spiro atoms. The topological polar surface area (TPSA) is 75.7 Å². The Morgan fingerprint density at radius 1 is 1.03 bits per heavy atom. The van der Waals surface area contributed by atoms with Gasteiger partial charge in [0.25, 0.3) is 0 Å². The maximum Gasteiger partial charge on any atom is 0.223 e. The van der Waals surface area contributed by atoms with Crippen LogP contribution in [-0.4, -0.2) is 44.4 Å². The Kier molecular flexibility index (Phi) is 7.73. The van der Waals surface area contributed by atoms with Gasteiger partial charge in [-0.3, -0.25) is 4.79 Å². The molecule has 6 nitrogen and oxygen atoms in total. The summed E-state index contributed by atoms with van der Waals surface area (Å²) in [7, 11) is -3.38. The molecule has 1 N–H and O–H groups in total. The van der Waals surface area contributed by atoms with Gasteiger partial charge in [0.2, 0.25) is 15.9 Å². The average molecular weight is 445 g/mol. The maximum atomic E-state index is 12.7. The van der Waals surface area contributed by atoms with Crippen LogP contribution in [-0.2, 0) is 20.6 Å². The summed E-state index contributed by atoms with van der Waals surface area (Å²) >= 11 is 0. The quantitative estimate of drug-likeness (QED) is 0.677. The van der Waals surface area contributed by atoms with E-state index in [-0.39, 0.29) is 23.6 Å². The Balaban J connectivity index is 1.44. The van der Waals surface area contributed by atoms with E-state index in [1.54, 1.807) is 0 Å². The fourth-order valence-corrected chi connectivity index (χ4v) is 5.20. The van der Waals surface area contributed by atoms with Crippen molar-refractivity contribution in [1.29, 1.82) is 0 Å². The second-order valence-corrected chi connectivity index (χ2v) is 10.4. The van der Waals surface area contributed by atoms with Gasteiger partial charge >= 0.3 is 0 Å². The predicted molar refractivity (Wildman–Crippen MR) is 122 cm³/mol. The molecule has 7 heteroatoms. The number of carbonyl (C=O) groups is 1. The van der Waals surface area contributed by atoms with Gasteiger partial charge in [-0.1, -0.05) is 47.5 Å². The minimum atomic E-state index is -3.38. The molecule has 0 aromatic heterocycles. The van der Waals surface area contributed by atoms with Crippen LogP contribution in [0.2, 0.25) is 0 Å². The lowest BCUT2D eigenvalue weighted by Gasteiger charge is -2.31. The molecule has 1 fully saturated rings. The molecule has 31 heavy (non-hydrogen) atoms. The second-order valence-electron chi connectivity index (χ2n) is 8.45. The van der Waals surface area contributed by atoms with E-state index >= 15 is 0 Å². The summed E-state index contributed by atoms with van der Waals surface area (Å²) in [4.78, 5) is 12.6. The van der Waals surface area contributed by atoms with Gasteiger partial charge in [-0.15, -0.1) is 0 Å². The zero-order valence-electron chi connectivity index (χ0n) is 18.5. The molecular weight excluding hydrogens is 412 g/mol. The lowest BCUT2D eigenvalue weighted by atomic mass is 9.97. The molecule has 1 heterocycles. The number of piperidine rings is 1. The number of aryl methyl sites for hydroxylation is 2. The first kappa shape index (κ1) is 23.3. The number of hydrogen-bond acceptors (Lipinski definition) is 4. The van der Waals surface area contributed by atoms with E-state index in [9.17, 15) is 13.2 Å². The summed E-state index contributed by atoms with van der Waals surface area (Å²) in [5.74, 6) is 0.569. The van der Waals surface area contributed by atoms with Crippen molar-refractivity contribution in [1.82, 2.24) is 9.62 Å². The van der Waals surface area contributed by atoms with Crippen LogP contribution in [0.25, 0.3) is 0 Å². The number of amides is 1. The lowest BCUT2D eigenvalue weighted by molar-refractivity contribution is -0.126. The molecule has 0 bridgehead atoms. The number of carbonyl (C=O) groups excluding carboxylic acids is 1. The fourth-order valence-electron chi connectivity index (χ4n) is 3.64. The van der Waals surface area contributed by atoms with Crippen LogP contribution in [0, 0.1) is 19.8 Å². The van der Waals surface area contributed by atoms with Crippen LogP contribution in [0.15, 0.2) is 48.5 Å². The lowest BCUT2D eigenvalue weighted by Crippen LogP contribution is -2.46. The maximum absolute atomic E-state index is 12.7. The Hall–Kier alpha value is -2.38. The number of rotatable bonds is 8. The van der Waals surface area contributed by atoms with Crippen molar-refractivity contribution in [2.75, 3.05) is 19.7 Å². The van der Waals surface area contributed by atoms with E-state index in [1.807, 2.05) is 69.3 Å². The van der Waals surface area contributed by atoms with E-state index in [0.29, 0.717) is 32.5 Å². The van der Waals surface area contributed by atoms with E-state index in [2.05, 4.69) is 5.32 Å². The molecule has 1 saturated heterocycles. The van der Waals surface area contributed by atoms with Crippen LogP contribution in [0.3, 0.4) is 0 Å². The molecule has 1 amide bonds. The third-order valence-corrected chi connectivity index (χ3v) is 7.45. The number of sulfonamides is 1. The Morgan fingerprint density at radius 3 is 2.16 bits per heavy atom. The molecule has 0 aliphatic carbocycles. The largest absolute Gasteiger partial charge is 0.491 e. The van der Waals surface area contributed by atoms with Crippen LogP contribution >= 0.6 is 0 Å². The Bertz CT molecular complexity index is 964. The molecular formula is C24H32N2O4S. The first-order valence-corrected chi connectivity index (χ1v) is 12.4. The zero-order valence-corrected chi connectivity index (χ0v) is 19.3. The standard InChI is InChI=1S/C24H32N2O4S/c1-18-4-8-21(9-5-18)17-31(28,29)26-14-12-22(13-15-26)24(27)25-20(3)16-30-23-10-6-19(2)7-11-23/h4-11,20,22H,12-17H2,1-3H3,(H,25,27)/t20-/m1/s1. The minimum Gasteiger partial charge on any atom is -0.491 e. The molecule has 1 aliphatic rings. The molecule has 0 unspecified atom stereocenters. The van der Waals surface area contributed by atoms with Crippen molar-refractivity contribution in [3.63, 3.8) is 0 Å². The number of hydrogen-bond donors (Lipinski definition) is 1. The highest BCUT2D eigenvalue weighted by Gasteiger charge is 2.31. The smallest absolute Gasteiger partial charge is 0.223 e. The average Bonchev–Trinajstić information content (AvgIpc) is 2.75. The van der Waals surface area contributed by atoms with Gasteiger partial charge in [-0.2, -0.15) is 0 Å². The summed E-state index contributed by atoms with van der Waals surface area (Å²) in [6, 6.07) is 15.2. The molecule has 2 aromatic carbocycles. The fraction of sp³-hybridized carbons (Fsp3) is 0.458. The molecule has 2 aromatic rings. The predicted octanol–water partition coefficient (Wildman–Crippen LogP) is 3.43. The van der Waals surface area contributed by atoms with Gasteiger partial charge in [0.15, 0.2) is 0 Å². The Morgan fingerprint density at radius 2 is 1.58 bits per heavy atom. The highest BCUT2D eigenvalue weighted by molar-refractivity contribution is 7.88. The molecule has 0 radical (unpaired) electrons. The van der Waals surface area contributed by atoms with E-state index in [4.69, 9.17) is 4.74 Å². The van der Waals surface area contributed by atoms with Gasteiger partial charge in [0.05, 0.1) is 11.8 Å². The van der Waals surface area contributed by atoms with Gasteiger partial charge in [-0.25, -0.2) is 12.7 Å². The monoisotopic (exact) mass is 444 g/mol. The summed E-state index contributed by atoms with van der Waals surface area (Å²) in [5, 5.41) is 3.00. The number of nitrogens with one attached hydrogen (secondary N) is 1. The van der Waals surface area contributed by atoms with E-state index in [0.717, 1.165) is 16.9 Å². The van der Waals surface area contributed by atoms with Gasteiger partial charge < -0.3 is 10.1 Å². The first-order chi connectivity index (χ1) is 14.7. The minimum absolute atomic E-state index is 0.00245. The van der Waals surface area contributed by atoms with Crippen LogP contribution in [0.4, 0.5) is 0 Å². The number of nitrogens with zero attached hydrogens (tertiary/aromatic N) is 1. The molecule has 1 aliphatic heterocycles. The van der Waals surface area contributed by atoms with Crippen LogP contribution in [0.1, 0.15) is 36.5 Å². The van der Waals surface area contributed by atoms with Crippen LogP contribution < -0.4 is 10.1 Å². The van der Waals surface area contributed by atoms with E-state index < -0.39 is 10.0 Å². The van der Waals surface area contributed by atoms with Crippen LogP contribution in [0.5, 0.6) is 5.75 Å². The highest BCUT2D eigenvalue weighted by Crippen LogP contribution is 2.22. The Labute approximate surface area is 185 Å². The third kappa shape index (κ3) is 6.80. The van der Waals surface area contributed by atoms with Crippen molar-refractivity contribution in [2.24, 2.45) is 5.92 Å². The normalized spacial score (nSPS) is 16.6. The number of ether oxygens (including phenoxy) is 1. The third-order valence-electron chi connectivity index (χ3n) is 5.60. The molecule has 1 atom stereocenters. The van der Waals surface area contributed by atoms with Crippen molar-refractivity contribution >= 4 is 15.9 Å². The molecule has 3 rings (SSSR count). The van der Waals surface area contributed by atoms with Gasteiger partial charge in [0.1, 0.15) is 12.4 Å². The van der Waals surface area contributed by atoms with Gasteiger partial charge in [0, 0.05) is 19.0 Å². The second kappa shape index (κ2) is 10.3. The summed E-state index contributed by atoms with van der Waals surface area (Å²) in [6.07, 6.45) is 1.06. The molecule has 0 saturated carbocycles. The van der Waals surface area contributed by atoms with Crippen molar-refractivity contribution < 1.29 is 17.9 Å². The van der Waals surface area contributed by atoms with Crippen molar-refractivity contribution in [2.45, 2.75) is 45.4 Å². The SMILES string of the molecule is Cc1ccc(CS(=O)(=O)N2CCC(C(=O)N[C@H](C)COc3ccc(C)cc3)CC2)cc1. The zero-order chi connectivity index (χ0) is 22.4. The van der Waals surface area contributed by atoms with E-state index in [1.165, 1.54) is 9.87 Å². The van der Waals surface area contributed by atoms with Crippen molar-refractivity contribution in [3.05, 3.63) is 65.2 Å². The summed E-state index contributed by atoms with van der Waals surface area (Å²) in [5.41, 5.74) is 3.06. The summed E-state index contributed by atoms with van der Waals surface area (Å²) in [6.45, 7) is 7.04.